The summed E-state index contributed by atoms with van der Waals surface area (Å²) in [6.45, 7) is 1.83. The van der Waals surface area contributed by atoms with Crippen LogP contribution in [0.5, 0.6) is 0 Å². The maximum absolute atomic E-state index is 12.6. The van der Waals surface area contributed by atoms with E-state index in [1.165, 1.54) is 6.42 Å². The van der Waals surface area contributed by atoms with E-state index in [0.29, 0.717) is 12.3 Å². The number of sulfone groups is 1. The van der Waals surface area contributed by atoms with Crippen LogP contribution in [-0.2, 0) is 14.6 Å². The first kappa shape index (κ1) is 16.1. The van der Waals surface area contributed by atoms with Crippen LogP contribution in [0.4, 0.5) is 0 Å². The Morgan fingerprint density at radius 1 is 1.20 bits per heavy atom. The Kier molecular flexibility index (Phi) is 5.35. The third-order valence-corrected chi connectivity index (χ3v) is 6.69. The van der Waals surface area contributed by atoms with E-state index in [9.17, 15) is 13.2 Å². The smallest absolute Gasteiger partial charge is 0.227 e. The van der Waals surface area contributed by atoms with Crippen molar-refractivity contribution in [1.82, 2.24) is 4.90 Å². The molecule has 2 unspecified atom stereocenters. The van der Waals surface area contributed by atoms with Gasteiger partial charge in [-0.1, -0.05) is 26.2 Å². The Hall–Kier alpha value is -0.290. The summed E-state index contributed by atoms with van der Waals surface area (Å²) in [4.78, 5) is 14.5. The largest absolute Gasteiger partial charge is 0.335 e. The zero-order valence-corrected chi connectivity index (χ0v) is 13.6. The lowest BCUT2D eigenvalue weighted by molar-refractivity contribution is -0.139. The second-order valence-corrected chi connectivity index (χ2v) is 8.69. The summed E-state index contributed by atoms with van der Waals surface area (Å²) in [6.07, 6.45) is 6.05. The van der Waals surface area contributed by atoms with E-state index in [0.717, 1.165) is 25.7 Å². The third-order valence-electron chi connectivity index (χ3n) is 4.48. The fourth-order valence-corrected chi connectivity index (χ4v) is 5.18. The molecule has 2 aliphatic rings. The predicted molar refractivity (Wildman–Crippen MR) is 80.7 cm³/mol. The molecule has 0 radical (unpaired) electrons. The van der Waals surface area contributed by atoms with Crippen LogP contribution in [-0.4, -0.2) is 48.7 Å². The van der Waals surface area contributed by atoms with Crippen molar-refractivity contribution in [2.75, 3.05) is 17.4 Å². The minimum Gasteiger partial charge on any atom is -0.335 e. The molecular formula is C14H24ClNO3S. The summed E-state index contributed by atoms with van der Waals surface area (Å²) in [5, 5.41) is 0. The van der Waals surface area contributed by atoms with Gasteiger partial charge in [0.1, 0.15) is 0 Å². The summed E-state index contributed by atoms with van der Waals surface area (Å²) in [6, 6.07) is 0.0708. The van der Waals surface area contributed by atoms with Gasteiger partial charge in [-0.15, -0.1) is 11.6 Å². The van der Waals surface area contributed by atoms with Gasteiger partial charge in [0.15, 0.2) is 9.84 Å². The molecule has 0 aromatic rings. The van der Waals surface area contributed by atoms with Crippen LogP contribution in [0.3, 0.4) is 0 Å². The molecule has 1 aliphatic heterocycles. The molecule has 0 bridgehead atoms. The average molecular weight is 322 g/mol. The highest BCUT2D eigenvalue weighted by molar-refractivity contribution is 7.91. The lowest BCUT2D eigenvalue weighted by Crippen LogP contribution is -2.50. The van der Waals surface area contributed by atoms with Gasteiger partial charge in [-0.2, -0.15) is 0 Å². The monoisotopic (exact) mass is 321 g/mol. The second-order valence-electron chi connectivity index (χ2n) is 6.15. The van der Waals surface area contributed by atoms with Crippen molar-refractivity contribution in [3.05, 3.63) is 0 Å². The zero-order valence-electron chi connectivity index (χ0n) is 12.1. The Bertz CT molecular complexity index is 445. The van der Waals surface area contributed by atoms with Gasteiger partial charge in [0, 0.05) is 23.9 Å². The fraction of sp³-hybridized carbons (Fsp3) is 0.929. The lowest BCUT2D eigenvalue weighted by atomic mass is 9.92. The Labute approximate surface area is 126 Å². The van der Waals surface area contributed by atoms with Gasteiger partial charge in [0.25, 0.3) is 0 Å². The first-order valence-electron chi connectivity index (χ1n) is 7.53. The molecule has 2 fully saturated rings. The molecule has 1 saturated carbocycles. The summed E-state index contributed by atoms with van der Waals surface area (Å²) >= 11 is 5.83. The zero-order chi connectivity index (χ0) is 14.8. The molecule has 0 spiro atoms. The van der Waals surface area contributed by atoms with Crippen LogP contribution in [0.2, 0.25) is 0 Å². The van der Waals surface area contributed by atoms with Gasteiger partial charge in [-0.25, -0.2) is 8.42 Å². The van der Waals surface area contributed by atoms with Crippen molar-refractivity contribution < 1.29 is 13.2 Å². The topological polar surface area (TPSA) is 54.5 Å². The van der Waals surface area contributed by atoms with E-state index < -0.39 is 9.84 Å². The van der Waals surface area contributed by atoms with Gasteiger partial charge in [-0.3, -0.25) is 4.79 Å². The number of nitrogens with zero attached hydrogens (tertiary/aromatic N) is 1. The van der Waals surface area contributed by atoms with E-state index >= 15 is 0 Å². The minimum atomic E-state index is -2.97. The molecule has 2 rings (SSSR count). The second kappa shape index (κ2) is 6.65. The molecule has 1 amide bonds. The first-order chi connectivity index (χ1) is 9.44. The van der Waals surface area contributed by atoms with Gasteiger partial charge < -0.3 is 4.90 Å². The van der Waals surface area contributed by atoms with Crippen LogP contribution in [0.25, 0.3) is 0 Å². The number of carbonyl (C=O) groups is 1. The molecule has 20 heavy (non-hydrogen) atoms. The van der Waals surface area contributed by atoms with Crippen LogP contribution in [0.15, 0.2) is 0 Å². The summed E-state index contributed by atoms with van der Waals surface area (Å²) in [7, 11) is -2.97. The lowest BCUT2D eigenvalue weighted by Gasteiger charge is -2.39. The summed E-state index contributed by atoms with van der Waals surface area (Å²) in [5.74, 6) is 0.436. The third kappa shape index (κ3) is 3.67. The number of amides is 1. The van der Waals surface area contributed by atoms with Crippen molar-refractivity contribution in [2.24, 2.45) is 5.92 Å². The van der Waals surface area contributed by atoms with Crippen LogP contribution >= 0.6 is 11.6 Å². The van der Waals surface area contributed by atoms with Gasteiger partial charge >= 0.3 is 0 Å². The van der Waals surface area contributed by atoms with Gasteiger partial charge in [0.2, 0.25) is 5.91 Å². The number of alkyl halides is 1. The minimum absolute atomic E-state index is 0.0361. The van der Waals surface area contributed by atoms with E-state index in [2.05, 4.69) is 0 Å². The molecule has 1 aliphatic carbocycles. The number of carbonyl (C=O) groups excluding carboxylic acids is 1. The maximum atomic E-state index is 12.6. The van der Waals surface area contributed by atoms with E-state index in [4.69, 9.17) is 11.6 Å². The molecule has 1 heterocycles. The highest BCUT2D eigenvalue weighted by atomic mass is 35.5. The Morgan fingerprint density at radius 2 is 1.85 bits per heavy atom. The van der Waals surface area contributed by atoms with Crippen molar-refractivity contribution in [1.29, 1.82) is 0 Å². The highest BCUT2D eigenvalue weighted by Gasteiger charge is 2.39. The van der Waals surface area contributed by atoms with Gasteiger partial charge in [-0.05, 0) is 19.3 Å². The molecule has 6 heteroatoms. The summed E-state index contributed by atoms with van der Waals surface area (Å²) in [5.41, 5.74) is 0. The molecule has 0 aromatic heterocycles. The standard InChI is InChI=1S/C14H24ClNO3S/c1-11(9-15)14(17)16(12-5-3-2-4-6-12)13-7-8-20(18,19)10-13/h11-13H,2-10H2,1H3. The molecule has 4 nitrogen and oxygen atoms in total. The van der Waals surface area contributed by atoms with E-state index in [1.54, 1.807) is 0 Å². The summed E-state index contributed by atoms with van der Waals surface area (Å²) < 4.78 is 23.5. The fourth-order valence-electron chi connectivity index (χ4n) is 3.33. The number of hydrogen-bond donors (Lipinski definition) is 0. The van der Waals surface area contributed by atoms with Crippen molar-refractivity contribution in [2.45, 2.75) is 57.5 Å². The van der Waals surface area contributed by atoms with Crippen molar-refractivity contribution >= 4 is 27.3 Å². The van der Waals surface area contributed by atoms with E-state index in [1.807, 2.05) is 11.8 Å². The molecule has 0 aromatic carbocycles. The normalized spacial score (nSPS) is 28.2. The number of hydrogen-bond acceptors (Lipinski definition) is 3. The van der Waals surface area contributed by atoms with Gasteiger partial charge in [0.05, 0.1) is 11.5 Å². The van der Waals surface area contributed by atoms with Crippen LogP contribution in [0.1, 0.15) is 45.4 Å². The molecule has 0 N–H and O–H groups in total. The molecular weight excluding hydrogens is 298 g/mol. The molecule has 2 atom stereocenters. The maximum Gasteiger partial charge on any atom is 0.227 e. The number of halogens is 1. The molecule has 116 valence electrons. The first-order valence-corrected chi connectivity index (χ1v) is 9.89. The Morgan fingerprint density at radius 3 is 2.35 bits per heavy atom. The Balaban J connectivity index is 2.17. The number of rotatable bonds is 4. The van der Waals surface area contributed by atoms with Crippen LogP contribution in [0, 0.1) is 5.92 Å². The quantitative estimate of drug-likeness (QED) is 0.746. The SMILES string of the molecule is CC(CCl)C(=O)N(C1CCCCC1)C1CCS(=O)(=O)C1. The highest BCUT2D eigenvalue weighted by Crippen LogP contribution is 2.29. The average Bonchev–Trinajstić information content (AvgIpc) is 2.79. The van der Waals surface area contributed by atoms with Crippen molar-refractivity contribution in [3.8, 4) is 0 Å². The van der Waals surface area contributed by atoms with Crippen LogP contribution < -0.4 is 0 Å². The molecule has 1 saturated heterocycles. The van der Waals surface area contributed by atoms with E-state index in [-0.39, 0.29) is 35.4 Å². The predicted octanol–water partition coefficient (Wildman–Crippen LogP) is 2.21. The van der Waals surface area contributed by atoms with Crippen molar-refractivity contribution in [3.63, 3.8) is 0 Å².